The number of aromatic nitrogens is 1. The fourth-order valence-electron chi connectivity index (χ4n) is 2.44. The number of carbonyl (C=O) groups excluding carboxylic acids is 1. The highest BCUT2D eigenvalue weighted by molar-refractivity contribution is 7.92. The first kappa shape index (κ1) is 22.8. The topological polar surface area (TPSA) is 111 Å². The van der Waals surface area contributed by atoms with Crippen LogP contribution in [0.25, 0.3) is 0 Å². The summed E-state index contributed by atoms with van der Waals surface area (Å²) < 4.78 is 61.3. The van der Waals surface area contributed by atoms with E-state index in [-0.39, 0.29) is 37.6 Å². The van der Waals surface area contributed by atoms with Crippen molar-refractivity contribution in [1.29, 1.82) is 0 Å². The first-order valence-corrected chi connectivity index (χ1v) is 10.6. The molecule has 1 heterocycles. The van der Waals surface area contributed by atoms with Crippen molar-refractivity contribution in [2.24, 2.45) is 0 Å². The average Bonchev–Trinajstić information content (AvgIpc) is 3.11. The molecule has 2 N–H and O–H groups in total. The third-order valence-corrected chi connectivity index (χ3v) is 5.88. The Morgan fingerprint density at radius 1 is 1.16 bits per heavy atom. The molecule has 13 heteroatoms. The molecule has 3 aromatic rings. The summed E-state index contributed by atoms with van der Waals surface area (Å²) in [6.07, 6.45) is 1.25. The summed E-state index contributed by atoms with van der Waals surface area (Å²) in [4.78, 5) is 12.0. The van der Waals surface area contributed by atoms with Gasteiger partial charge in [0.1, 0.15) is 17.1 Å². The molecule has 0 bridgehead atoms. The van der Waals surface area contributed by atoms with Gasteiger partial charge in [-0.2, -0.15) is 8.78 Å². The lowest BCUT2D eigenvalue weighted by Crippen LogP contribution is -2.15. The molecular formula is C18H13Cl2F2N3O5S. The SMILES string of the molecule is Cc1oncc1C(=O)Nc1ccc(Cl)c(NS(=O)(=O)c2ccc(OC(F)F)c(Cl)c2)c1. The van der Waals surface area contributed by atoms with E-state index in [0.29, 0.717) is 5.76 Å². The van der Waals surface area contributed by atoms with E-state index in [1.165, 1.54) is 24.4 Å². The normalized spacial score (nSPS) is 11.4. The van der Waals surface area contributed by atoms with Gasteiger partial charge in [0, 0.05) is 5.69 Å². The number of hydrogen-bond acceptors (Lipinski definition) is 6. The Hall–Kier alpha value is -2.89. The van der Waals surface area contributed by atoms with Crippen LogP contribution in [0.4, 0.5) is 20.2 Å². The maximum Gasteiger partial charge on any atom is 0.387 e. The van der Waals surface area contributed by atoms with Gasteiger partial charge in [-0.3, -0.25) is 9.52 Å². The zero-order chi connectivity index (χ0) is 22.8. The molecule has 3 rings (SSSR count). The molecule has 0 fully saturated rings. The molecule has 0 spiro atoms. The van der Waals surface area contributed by atoms with Crippen LogP contribution in [0.1, 0.15) is 16.1 Å². The van der Waals surface area contributed by atoms with Crippen LogP contribution >= 0.6 is 23.2 Å². The number of nitrogens with zero attached hydrogens (tertiary/aromatic N) is 1. The summed E-state index contributed by atoms with van der Waals surface area (Å²) in [5.74, 6) is -0.581. The fourth-order valence-corrected chi connectivity index (χ4v) is 4.05. The van der Waals surface area contributed by atoms with Crippen LogP contribution < -0.4 is 14.8 Å². The van der Waals surface area contributed by atoms with E-state index in [2.05, 4.69) is 19.9 Å². The van der Waals surface area contributed by atoms with E-state index >= 15 is 0 Å². The van der Waals surface area contributed by atoms with Crippen molar-refractivity contribution in [2.45, 2.75) is 18.4 Å². The molecule has 0 saturated heterocycles. The zero-order valence-electron chi connectivity index (χ0n) is 15.5. The van der Waals surface area contributed by atoms with Gasteiger partial charge in [0.2, 0.25) is 0 Å². The lowest BCUT2D eigenvalue weighted by molar-refractivity contribution is -0.0498. The average molecular weight is 492 g/mol. The standard InChI is InChI=1S/C18H13Cl2F2N3O5S/c1-9-12(8-23-30-9)17(26)24-10-2-4-13(19)15(6-10)25-31(27,28)11-3-5-16(14(20)7-11)29-18(21)22/h2-8,18,25H,1H3,(H,24,26). The highest BCUT2D eigenvalue weighted by Gasteiger charge is 2.20. The summed E-state index contributed by atoms with van der Waals surface area (Å²) >= 11 is 11.9. The maximum atomic E-state index is 12.7. The van der Waals surface area contributed by atoms with E-state index in [4.69, 9.17) is 27.7 Å². The fraction of sp³-hybridized carbons (Fsp3) is 0.111. The lowest BCUT2D eigenvalue weighted by atomic mass is 10.2. The van der Waals surface area contributed by atoms with Crippen molar-refractivity contribution in [3.8, 4) is 5.75 Å². The van der Waals surface area contributed by atoms with Crippen LogP contribution in [0.3, 0.4) is 0 Å². The predicted octanol–water partition coefficient (Wildman–Crippen LogP) is 4.94. The van der Waals surface area contributed by atoms with Gasteiger partial charge in [0.25, 0.3) is 15.9 Å². The Morgan fingerprint density at radius 3 is 2.52 bits per heavy atom. The molecule has 0 radical (unpaired) electrons. The molecule has 0 aliphatic carbocycles. The number of sulfonamides is 1. The van der Waals surface area contributed by atoms with Gasteiger partial charge < -0.3 is 14.6 Å². The Balaban J connectivity index is 1.83. The molecule has 2 aromatic carbocycles. The number of aryl methyl sites for hydroxylation is 1. The largest absolute Gasteiger partial charge is 0.433 e. The number of amides is 1. The monoisotopic (exact) mass is 491 g/mol. The second kappa shape index (κ2) is 9.08. The van der Waals surface area contributed by atoms with E-state index in [9.17, 15) is 22.0 Å². The summed E-state index contributed by atoms with van der Waals surface area (Å²) in [5.41, 5.74) is 0.412. The molecular weight excluding hydrogens is 479 g/mol. The smallest absolute Gasteiger partial charge is 0.387 e. The Bertz CT molecular complexity index is 1230. The van der Waals surface area contributed by atoms with E-state index in [1.54, 1.807) is 6.92 Å². The van der Waals surface area contributed by atoms with Crippen LogP contribution in [-0.4, -0.2) is 26.1 Å². The van der Waals surface area contributed by atoms with E-state index in [1.807, 2.05) is 0 Å². The first-order chi connectivity index (χ1) is 14.6. The van der Waals surface area contributed by atoms with Crippen LogP contribution in [0.15, 0.2) is 52.0 Å². The second-order valence-corrected chi connectivity index (χ2v) is 8.52. The van der Waals surface area contributed by atoms with Crippen LogP contribution in [0.2, 0.25) is 10.0 Å². The minimum absolute atomic E-state index is 0.0365. The van der Waals surface area contributed by atoms with E-state index in [0.717, 1.165) is 18.2 Å². The molecule has 0 aliphatic rings. The molecule has 164 valence electrons. The molecule has 8 nitrogen and oxygen atoms in total. The first-order valence-electron chi connectivity index (χ1n) is 8.36. The highest BCUT2D eigenvalue weighted by Crippen LogP contribution is 2.32. The van der Waals surface area contributed by atoms with Crippen LogP contribution in [0, 0.1) is 6.92 Å². The Labute approximate surface area is 185 Å². The molecule has 1 amide bonds. The number of halogens is 4. The summed E-state index contributed by atoms with van der Waals surface area (Å²) in [6, 6.07) is 7.14. The van der Waals surface area contributed by atoms with Gasteiger partial charge in [-0.05, 0) is 43.3 Å². The summed E-state index contributed by atoms with van der Waals surface area (Å²) in [5, 5.41) is 5.82. The number of carbonyl (C=O) groups is 1. The highest BCUT2D eigenvalue weighted by atomic mass is 35.5. The van der Waals surface area contributed by atoms with Crippen molar-refractivity contribution in [2.75, 3.05) is 10.0 Å². The number of anilines is 2. The van der Waals surface area contributed by atoms with Gasteiger partial charge >= 0.3 is 6.61 Å². The molecule has 0 unspecified atom stereocenters. The number of alkyl halides is 2. The van der Waals surface area contributed by atoms with Crippen LogP contribution in [-0.2, 0) is 10.0 Å². The molecule has 0 saturated carbocycles. The molecule has 31 heavy (non-hydrogen) atoms. The summed E-state index contributed by atoms with van der Waals surface area (Å²) in [6.45, 7) is -1.55. The van der Waals surface area contributed by atoms with Crippen molar-refractivity contribution in [3.05, 3.63) is 64.0 Å². The van der Waals surface area contributed by atoms with Crippen molar-refractivity contribution in [1.82, 2.24) is 5.16 Å². The number of nitrogens with one attached hydrogen (secondary N) is 2. The third kappa shape index (κ3) is 5.43. The Kier molecular flexibility index (Phi) is 6.68. The minimum Gasteiger partial charge on any atom is -0.433 e. The van der Waals surface area contributed by atoms with E-state index < -0.39 is 22.5 Å². The number of rotatable bonds is 7. The van der Waals surface area contributed by atoms with Crippen molar-refractivity contribution < 1.29 is 31.3 Å². The minimum atomic E-state index is -4.20. The van der Waals surface area contributed by atoms with Gasteiger partial charge in [-0.1, -0.05) is 28.4 Å². The summed E-state index contributed by atoms with van der Waals surface area (Å²) in [7, 11) is -4.20. The van der Waals surface area contributed by atoms with Gasteiger partial charge in [0.05, 0.1) is 26.8 Å². The quantitative estimate of drug-likeness (QED) is 0.483. The maximum absolute atomic E-state index is 12.7. The van der Waals surface area contributed by atoms with Crippen LogP contribution in [0.5, 0.6) is 5.75 Å². The molecule has 1 aromatic heterocycles. The molecule has 0 aliphatic heterocycles. The number of hydrogen-bond donors (Lipinski definition) is 2. The third-order valence-electron chi connectivity index (χ3n) is 3.89. The lowest BCUT2D eigenvalue weighted by Gasteiger charge is -2.13. The van der Waals surface area contributed by atoms with Gasteiger partial charge in [0.15, 0.2) is 0 Å². The number of benzene rings is 2. The Morgan fingerprint density at radius 2 is 1.90 bits per heavy atom. The van der Waals surface area contributed by atoms with Crippen molar-refractivity contribution >= 4 is 50.5 Å². The zero-order valence-corrected chi connectivity index (χ0v) is 17.9. The molecule has 0 atom stereocenters. The predicted molar refractivity (Wildman–Crippen MR) is 110 cm³/mol. The van der Waals surface area contributed by atoms with Crippen molar-refractivity contribution in [3.63, 3.8) is 0 Å². The van der Waals surface area contributed by atoms with Gasteiger partial charge in [-0.25, -0.2) is 8.42 Å². The second-order valence-electron chi connectivity index (χ2n) is 6.02. The van der Waals surface area contributed by atoms with Gasteiger partial charge in [-0.15, -0.1) is 0 Å². The number of ether oxygens (including phenoxy) is 1.